The molecular weight excluding hydrogens is 260 g/mol. The lowest BCUT2D eigenvalue weighted by Crippen LogP contribution is -2.48. The van der Waals surface area contributed by atoms with Crippen LogP contribution in [0.5, 0.6) is 0 Å². The maximum atomic E-state index is 12.2. The fourth-order valence-electron chi connectivity index (χ4n) is 5.46. The van der Waals surface area contributed by atoms with E-state index in [0.717, 1.165) is 17.8 Å². The van der Waals surface area contributed by atoms with E-state index in [-0.39, 0.29) is 5.97 Å². The molecule has 112 valence electrons. The Hall–Kier alpha value is -1.31. The Bertz CT molecular complexity index is 508. The number of esters is 1. The molecule has 0 aromatic heterocycles. The van der Waals surface area contributed by atoms with Crippen LogP contribution in [-0.2, 0) is 4.74 Å². The Balaban J connectivity index is 1.42. The minimum absolute atomic E-state index is 0.147. The van der Waals surface area contributed by atoms with Gasteiger partial charge in [0.15, 0.2) is 0 Å². The van der Waals surface area contributed by atoms with E-state index in [9.17, 15) is 4.79 Å². The first-order valence-corrected chi connectivity index (χ1v) is 8.36. The van der Waals surface area contributed by atoms with Crippen LogP contribution in [0.3, 0.4) is 0 Å². The second-order valence-electron chi connectivity index (χ2n) is 7.86. The molecule has 0 unspecified atom stereocenters. The lowest BCUT2D eigenvalue weighted by Gasteiger charge is -2.56. The van der Waals surface area contributed by atoms with Crippen molar-refractivity contribution in [2.75, 3.05) is 6.61 Å². The highest BCUT2D eigenvalue weighted by atomic mass is 16.5. The van der Waals surface area contributed by atoms with E-state index >= 15 is 0 Å². The molecule has 4 fully saturated rings. The van der Waals surface area contributed by atoms with Gasteiger partial charge in [-0.2, -0.15) is 0 Å². The molecule has 0 N–H and O–H groups in total. The zero-order valence-electron chi connectivity index (χ0n) is 12.8. The van der Waals surface area contributed by atoms with Crippen molar-refractivity contribution in [3.63, 3.8) is 0 Å². The summed E-state index contributed by atoms with van der Waals surface area (Å²) in [6.07, 6.45) is 8.18. The minimum atomic E-state index is -0.147. The van der Waals surface area contributed by atoms with Crippen molar-refractivity contribution in [2.45, 2.75) is 45.4 Å². The molecule has 5 rings (SSSR count). The van der Waals surface area contributed by atoms with Gasteiger partial charge in [0, 0.05) is 5.41 Å². The summed E-state index contributed by atoms with van der Waals surface area (Å²) in [6.45, 7) is 2.67. The third-order valence-electron chi connectivity index (χ3n) is 5.96. The molecule has 0 atom stereocenters. The van der Waals surface area contributed by atoms with E-state index in [0.29, 0.717) is 17.6 Å². The standard InChI is InChI=1S/C19H24O2/c1-13-2-4-17(5-3-13)18(20)21-12-19-9-14-6-15(10-19)8-16(7-14)11-19/h2-5,14-16H,6-12H2,1H3. The Labute approximate surface area is 126 Å². The van der Waals surface area contributed by atoms with E-state index < -0.39 is 0 Å². The molecule has 0 saturated heterocycles. The molecule has 0 aliphatic heterocycles. The highest BCUT2D eigenvalue weighted by molar-refractivity contribution is 5.89. The number of rotatable bonds is 3. The van der Waals surface area contributed by atoms with E-state index in [1.54, 1.807) is 0 Å². The number of aryl methyl sites for hydroxylation is 1. The summed E-state index contributed by atoms with van der Waals surface area (Å²) in [6, 6.07) is 7.69. The first-order chi connectivity index (χ1) is 10.1. The summed E-state index contributed by atoms with van der Waals surface area (Å²) in [5, 5.41) is 0. The van der Waals surface area contributed by atoms with Crippen LogP contribution >= 0.6 is 0 Å². The van der Waals surface area contributed by atoms with Gasteiger partial charge >= 0.3 is 5.97 Å². The van der Waals surface area contributed by atoms with Gasteiger partial charge in [-0.15, -0.1) is 0 Å². The van der Waals surface area contributed by atoms with Gasteiger partial charge in [-0.05, 0) is 75.3 Å². The summed E-state index contributed by atoms with van der Waals surface area (Å²) in [5.41, 5.74) is 2.17. The molecule has 2 heteroatoms. The first kappa shape index (κ1) is 13.4. The van der Waals surface area contributed by atoms with Crippen LogP contribution in [-0.4, -0.2) is 12.6 Å². The number of benzene rings is 1. The highest BCUT2D eigenvalue weighted by Crippen LogP contribution is 2.60. The van der Waals surface area contributed by atoms with E-state index in [1.165, 1.54) is 44.1 Å². The molecule has 0 amide bonds. The van der Waals surface area contributed by atoms with E-state index in [4.69, 9.17) is 4.74 Å². The molecule has 2 nitrogen and oxygen atoms in total. The molecule has 4 aliphatic carbocycles. The molecule has 21 heavy (non-hydrogen) atoms. The number of ether oxygens (including phenoxy) is 1. The van der Waals surface area contributed by atoms with Gasteiger partial charge in [-0.1, -0.05) is 17.7 Å². The first-order valence-electron chi connectivity index (χ1n) is 8.36. The lowest BCUT2D eigenvalue weighted by atomic mass is 9.50. The van der Waals surface area contributed by atoms with Crippen molar-refractivity contribution in [3.05, 3.63) is 35.4 Å². The maximum absolute atomic E-state index is 12.2. The number of carbonyl (C=O) groups is 1. The van der Waals surface area contributed by atoms with Gasteiger partial charge < -0.3 is 4.74 Å². The van der Waals surface area contributed by atoms with Gasteiger partial charge in [-0.25, -0.2) is 4.79 Å². The second kappa shape index (κ2) is 4.86. The number of hydrogen-bond acceptors (Lipinski definition) is 2. The van der Waals surface area contributed by atoms with Crippen LogP contribution in [0.15, 0.2) is 24.3 Å². The largest absolute Gasteiger partial charge is 0.462 e. The monoisotopic (exact) mass is 284 g/mol. The van der Waals surface area contributed by atoms with Crippen molar-refractivity contribution in [3.8, 4) is 0 Å². The highest BCUT2D eigenvalue weighted by Gasteiger charge is 2.51. The topological polar surface area (TPSA) is 26.3 Å². The maximum Gasteiger partial charge on any atom is 0.338 e. The normalized spacial score (nSPS) is 36.7. The Morgan fingerprint density at radius 2 is 1.57 bits per heavy atom. The molecule has 1 aromatic carbocycles. The van der Waals surface area contributed by atoms with Gasteiger partial charge in [0.05, 0.1) is 12.2 Å². The zero-order valence-corrected chi connectivity index (χ0v) is 12.8. The van der Waals surface area contributed by atoms with Crippen LogP contribution < -0.4 is 0 Å². The third kappa shape index (κ3) is 2.49. The zero-order chi connectivity index (χ0) is 14.4. The van der Waals surface area contributed by atoms with E-state index in [1.807, 2.05) is 31.2 Å². The van der Waals surface area contributed by atoms with Crippen LogP contribution in [0, 0.1) is 30.1 Å². The van der Waals surface area contributed by atoms with Gasteiger partial charge in [0.2, 0.25) is 0 Å². The fourth-order valence-corrected chi connectivity index (χ4v) is 5.46. The molecule has 0 radical (unpaired) electrons. The van der Waals surface area contributed by atoms with Crippen LogP contribution in [0.25, 0.3) is 0 Å². The molecule has 4 aliphatic rings. The summed E-state index contributed by atoms with van der Waals surface area (Å²) in [7, 11) is 0. The van der Waals surface area contributed by atoms with Gasteiger partial charge in [0.1, 0.15) is 0 Å². The number of carbonyl (C=O) groups excluding carboxylic acids is 1. The van der Waals surface area contributed by atoms with Crippen molar-refractivity contribution in [2.24, 2.45) is 23.2 Å². The van der Waals surface area contributed by atoms with Crippen LogP contribution in [0.2, 0.25) is 0 Å². The SMILES string of the molecule is Cc1ccc(C(=O)OCC23CC4CC(CC(C4)C2)C3)cc1. The minimum Gasteiger partial charge on any atom is -0.462 e. The fraction of sp³-hybridized carbons (Fsp3) is 0.632. The van der Waals surface area contributed by atoms with Crippen LogP contribution in [0.4, 0.5) is 0 Å². The molecular formula is C19H24O2. The van der Waals surface area contributed by atoms with Crippen molar-refractivity contribution in [1.29, 1.82) is 0 Å². The van der Waals surface area contributed by atoms with Crippen LogP contribution in [0.1, 0.15) is 54.4 Å². The quantitative estimate of drug-likeness (QED) is 0.770. The van der Waals surface area contributed by atoms with Crippen molar-refractivity contribution >= 4 is 5.97 Å². The third-order valence-corrected chi connectivity index (χ3v) is 5.96. The lowest BCUT2D eigenvalue weighted by molar-refractivity contribution is -0.0848. The molecule has 0 heterocycles. The molecule has 1 aromatic rings. The average Bonchev–Trinajstić information content (AvgIpc) is 2.44. The average molecular weight is 284 g/mol. The van der Waals surface area contributed by atoms with Crippen molar-refractivity contribution < 1.29 is 9.53 Å². The predicted molar refractivity (Wildman–Crippen MR) is 82.1 cm³/mol. The second-order valence-corrected chi connectivity index (χ2v) is 7.86. The van der Waals surface area contributed by atoms with Gasteiger partial charge in [0.25, 0.3) is 0 Å². The molecule has 0 spiro atoms. The summed E-state index contributed by atoms with van der Waals surface area (Å²) < 4.78 is 5.71. The summed E-state index contributed by atoms with van der Waals surface area (Å²) >= 11 is 0. The molecule has 4 bridgehead atoms. The smallest absolute Gasteiger partial charge is 0.338 e. The summed E-state index contributed by atoms with van der Waals surface area (Å²) in [5.74, 6) is 2.59. The predicted octanol–water partition coefficient (Wildman–Crippen LogP) is 4.37. The van der Waals surface area contributed by atoms with Crippen molar-refractivity contribution in [1.82, 2.24) is 0 Å². The van der Waals surface area contributed by atoms with Gasteiger partial charge in [-0.3, -0.25) is 0 Å². The Kier molecular flexibility index (Phi) is 3.09. The summed E-state index contributed by atoms with van der Waals surface area (Å²) in [4.78, 5) is 12.2. The Morgan fingerprint density at radius 1 is 1.05 bits per heavy atom. The number of hydrogen-bond donors (Lipinski definition) is 0. The van der Waals surface area contributed by atoms with E-state index in [2.05, 4.69) is 0 Å². The Morgan fingerprint density at radius 3 is 2.10 bits per heavy atom. The molecule has 4 saturated carbocycles.